The molecule has 4 aromatic rings. The third-order valence-corrected chi connectivity index (χ3v) is 8.02. The smallest absolute Gasteiger partial charge is 0.261 e. The number of likely N-dealkylation sites (N-methyl/N-ethyl adjacent to an activating group) is 1. The lowest BCUT2D eigenvalue weighted by molar-refractivity contribution is 0.132. The molecule has 1 aromatic carbocycles. The highest BCUT2D eigenvalue weighted by Gasteiger charge is 2.24. The average molecular weight is 629 g/mol. The zero-order valence-electron chi connectivity index (χ0n) is 25.2. The summed E-state index contributed by atoms with van der Waals surface area (Å²) >= 11 is 0. The molecule has 1 saturated heterocycles. The Morgan fingerprint density at radius 2 is 1.66 bits per heavy atom. The first kappa shape index (κ1) is 31.8. The van der Waals surface area contributed by atoms with Crippen molar-refractivity contribution in [2.24, 2.45) is 0 Å². The number of fused-ring (bicyclic) bond motifs is 1. The van der Waals surface area contributed by atoms with E-state index in [0.717, 1.165) is 82.5 Å². The van der Waals surface area contributed by atoms with E-state index in [9.17, 15) is 12.8 Å². The van der Waals surface area contributed by atoms with E-state index < -0.39 is 21.8 Å². The molecule has 0 spiro atoms. The first-order valence-electron chi connectivity index (χ1n) is 14.8. The third kappa shape index (κ3) is 7.92. The van der Waals surface area contributed by atoms with E-state index in [1.54, 1.807) is 6.07 Å². The number of rotatable bonds is 7. The van der Waals surface area contributed by atoms with Crippen LogP contribution < -0.4 is 5.32 Å². The summed E-state index contributed by atoms with van der Waals surface area (Å²) in [6, 6.07) is 7.28. The van der Waals surface area contributed by atoms with Crippen molar-refractivity contribution in [2.45, 2.75) is 52.1 Å². The first-order valence-corrected chi connectivity index (χ1v) is 16.6. The minimum absolute atomic E-state index is 0.0352. The van der Waals surface area contributed by atoms with Gasteiger partial charge in [0.2, 0.25) is 5.95 Å². The van der Waals surface area contributed by atoms with Gasteiger partial charge in [0.15, 0.2) is 11.6 Å². The molecule has 4 heterocycles. The number of hydrogen-bond donors (Lipinski definition) is 2. The molecule has 2 N–H and O–H groups in total. The van der Waals surface area contributed by atoms with Gasteiger partial charge < -0.3 is 14.8 Å². The van der Waals surface area contributed by atoms with Gasteiger partial charge in [-0.05, 0) is 50.1 Å². The number of pyridine rings is 1. The zero-order valence-corrected chi connectivity index (χ0v) is 26.0. The van der Waals surface area contributed by atoms with Gasteiger partial charge in [-0.2, -0.15) is 8.42 Å². The lowest BCUT2D eigenvalue weighted by atomic mass is 10.1. The third-order valence-electron chi connectivity index (χ3n) is 8.02. The molecule has 1 aliphatic carbocycles. The second kappa shape index (κ2) is 13.6. The number of halogens is 2. The maximum atomic E-state index is 15.2. The Morgan fingerprint density at radius 3 is 2.30 bits per heavy atom. The molecule has 0 atom stereocenters. The summed E-state index contributed by atoms with van der Waals surface area (Å²) in [6.07, 6.45) is 8.03. The molecule has 0 bridgehead atoms. The maximum Gasteiger partial charge on any atom is 0.261 e. The van der Waals surface area contributed by atoms with Crippen LogP contribution in [0.5, 0.6) is 0 Å². The summed E-state index contributed by atoms with van der Waals surface area (Å²) in [7, 11) is -3.67. The number of benzene rings is 1. The highest BCUT2D eigenvalue weighted by molar-refractivity contribution is 7.85. The van der Waals surface area contributed by atoms with Gasteiger partial charge in [0.1, 0.15) is 22.9 Å². The Hall–Kier alpha value is -3.59. The summed E-state index contributed by atoms with van der Waals surface area (Å²) in [5.41, 5.74) is 2.51. The minimum atomic E-state index is -3.67. The van der Waals surface area contributed by atoms with E-state index in [-0.39, 0.29) is 17.7 Å². The van der Waals surface area contributed by atoms with Crippen LogP contribution in [0.4, 0.5) is 20.5 Å². The Labute approximate surface area is 256 Å². The molecule has 236 valence electrons. The molecule has 1 aliphatic heterocycles. The lowest BCUT2D eigenvalue weighted by Crippen LogP contribution is -2.45. The fourth-order valence-electron chi connectivity index (χ4n) is 5.89. The fraction of sp³-hybridized carbons (Fsp3) is 0.467. The predicted molar refractivity (Wildman–Crippen MR) is 165 cm³/mol. The lowest BCUT2D eigenvalue weighted by Gasteiger charge is -2.33. The van der Waals surface area contributed by atoms with Crippen LogP contribution in [-0.2, 0) is 16.7 Å². The first-order chi connectivity index (χ1) is 21.0. The number of anilines is 2. The van der Waals surface area contributed by atoms with Crippen LogP contribution in [0.15, 0.2) is 36.7 Å². The maximum absolute atomic E-state index is 15.2. The van der Waals surface area contributed by atoms with Crippen LogP contribution >= 0.6 is 0 Å². The number of piperazine rings is 1. The van der Waals surface area contributed by atoms with Gasteiger partial charge in [-0.3, -0.25) is 9.45 Å². The molecule has 0 amide bonds. The number of nitrogens with one attached hydrogen (secondary N) is 1. The van der Waals surface area contributed by atoms with Gasteiger partial charge in [-0.15, -0.1) is 0 Å². The Balaban J connectivity index is 0.000000712. The summed E-state index contributed by atoms with van der Waals surface area (Å²) in [5, 5.41) is 3.07. The highest BCUT2D eigenvalue weighted by Crippen LogP contribution is 2.36. The Bertz CT molecular complexity index is 1690. The topological polar surface area (TPSA) is 129 Å². The van der Waals surface area contributed by atoms with E-state index in [2.05, 4.69) is 46.5 Å². The van der Waals surface area contributed by atoms with Crippen molar-refractivity contribution in [3.8, 4) is 11.3 Å². The second-order valence-electron chi connectivity index (χ2n) is 11.3. The Kier molecular flexibility index (Phi) is 9.83. The minimum Gasteiger partial charge on any atom is -0.325 e. The standard InChI is InChI=1S/C29H34F2N8.CH4O3S/c1-3-37-10-12-38(13-11-37)18-20-8-9-26(32-16-20)35-29-33-17-24(31)27(36-29)21-14-23(30)28-25(15-21)39(19(2)34-28)22-6-4-5-7-22;1-5(2,3)4/h8-9,14-17,22H,3-7,10-13,18H2,1-2H3,(H,32,33,35,36);1H3,(H,2,3,4). The summed E-state index contributed by atoms with van der Waals surface area (Å²) in [6.45, 7) is 10.3. The number of imidazole rings is 1. The Morgan fingerprint density at radius 1 is 0.977 bits per heavy atom. The van der Waals surface area contributed by atoms with Gasteiger partial charge >= 0.3 is 0 Å². The van der Waals surface area contributed by atoms with Gasteiger partial charge in [0.05, 0.1) is 18.0 Å². The molecule has 1 saturated carbocycles. The molecule has 0 radical (unpaired) electrons. The molecule has 2 fully saturated rings. The molecular weight excluding hydrogens is 590 g/mol. The second-order valence-corrected chi connectivity index (χ2v) is 12.8. The van der Waals surface area contributed by atoms with Crippen LogP contribution in [0.2, 0.25) is 0 Å². The van der Waals surface area contributed by atoms with E-state index in [1.165, 1.54) is 6.07 Å². The van der Waals surface area contributed by atoms with Crippen molar-refractivity contribution in [2.75, 3.05) is 44.3 Å². The summed E-state index contributed by atoms with van der Waals surface area (Å²) in [5.74, 6) is 0.431. The highest BCUT2D eigenvalue weighted by atomic mass is 32.2. The molecule has 44 heavy (non-hydrogen) atoms. The number of nitrogens with zero attached hydrogens (tertiary/aromatic N) is 7. The largest absolute Gasteiger partial charge is 0.325 e. The van der Waals surface area contributed by atoms with Crippen molar-refractivity contribution in [1.82, 2.24) is 34.3 Å². The fourth-order valence-corrected chi connectivity index (χ4v) is 5.89. The average Bonchev–Trinajstić information content (AvgIpc) is 3.62. The number of aromatic nitrogens is 5. The molecule has 14 heteroatoms. The zero-order chi connectivity index (χ0) is 31.4. The summed E-state index contributed by atoms with van der Waals surface area (Å²) < 4.78 is 58.1. The van der Waals surface area contributed by atoms with Crippen molar-refractivity contribution in [1.29, 1.82) is 0 Å². The normalized spacial score (nSPS) is 16.7. The number of hydrogen-bond acceptors (Lipinski definition) is 9. The van der Waals surface area contributed by atoms with Crippen molar-refractivity contribution < 1.29 is 21.8 Å². The van der Waals surface area contributed by atoms with Crippen molar-refractivity contribution >= 4 is 32.9 Å². The van der Waals surface area contributed by atoms with Gasteiger partial charge in [0, 0.05) is 50.5 Å². The molecule has 0 unspecified atom stereocenters. The molecule has 3 aromatic heterocycles. The van der Waals surface area contributed by atoms with E-state index in [0.29, 0.717) is 28.7 Å². The predicted octanol–water partition coefficient (Wildman–Crippen LogP) is 4.98. The van der Waals surface area contributed by atoms with Crippen LogP contribution in [0.25, 0.3) is 22.3 Å². The van der Waals surface area contributed by atoms with Gasteiger partial charge in [-0.1, -0.05) is 25.8 Å². The van der Waals surface area contributed by atoms with Crippen molar-refractivity contribution in [3.63, 3.8) is 0 Å². The molecular formula is C30H38F2N8O3S. The molecule has 11 nitrogen and oxygen atoms in total. The van der Waals surface area contributed by atoms with Crippen LogP contribution in [0, 0.1) is 18.6 Å². The number of aryl methyl sites for hydroxylation is 1. The van der Waals surface area contributed by atoms with Gasteiger partial charge in [0.25, 0.3) is 10.1 Å². The summed E-state index contributed by atoms with van der Waals surface area (Å²) in [4.78, 5) is 22.4. The molecule has 6 rings (SSSR count). The van der Waals surface area contributed by atoms with E-state index in [4.69, 9.17) is 4.55 Å². The van der Waals surface area contributed by atoms with Crippen LogP contribution in [0.1, 0.15) is 50.0 Å². The SMILES string of the molecule is CCN1CCN(Cc2ccc(Nc3ncc(F)c(-c4cc(F)c5nc(C)n(C6CCCC6)c5c4)n3)nc2)CC1.CS(=O)(=O)O. The van der Waals surface area contributed by atoms with E-state index in [1.807, 2.05) is 25.3 Å². The van der Waals surface area contributed by atoms with E-state index >= 15 is 4.39 Å². The van der Waals surface area contributed by atoms with Crippen molar-refractivity contribution in [3.05, 3.63) is 59.7 Å². The quantitative estimate of drug-likeness (QED) is 0.271. The van der Waals surface area contributed by atoms with Crippen LogP contribution in [-0.4, -0.2) is 86.3 Å². The monoisotopic (exact) mass is 628 g/mol. The van der Waals surface area contributed by atoms with Crippen LogP contribution in [0.3, 0.4) is 0 Å². The van der Waals surface area contributed by atoms with Gasteiger partial charge in [-0.25, -0.2) is 28.7 Å². The molecule has 2 aliphatic rings.